The van der Waals surface area contributed by atoms with Crippen molar-refractivity contribution < 1.29 is 22.4 Å². The number of nitrogens with two attached hydrogens (primary N) is 1. The molecule has 0 spiro atoms. The fourth-order valence-corrected chi connectivity index (χ4v) is 6.02. The SMILES string of the molecule is C[C@@H](NC(=O)c1cc(F)cc(N(C2CN(C(c3ccc(Cl)cc3)c3ccc(Cl)cc3)C2)S(C)(=O)=O)c1)C(N)=O. The molecule has 3 aromatic rings. The fraction of sp³-hybridized carbons (Fsp3) is 0.259. The molecule has 0 radical (unpaired) electrons. The van der Waals surface area contributed by atoms with E-state index in [4.69, 9.17) is 28.9 Å². The number of likely N-dealkylation sites (tertiary alicyclic amines) is 1. The van der Waals surface area contributed by atoms with Gasteiger partial charge in [-0.25, -0.2) is 12.8 Å². The van der Waals surface area contributed by atoms with Crippen molar-refractivity contribution in [1.29, 1.82) is 0 Å². The molecule has 3 N–H and O–H groups in total. The Morgan fingerprint density at radius 2 is 1.51 bits per heavy atom. The first-order valence-electron chi connectivity index (χ1n) is 12.0. The summed E-state index contributed by atoms with van der Waals surface area (Å²) in [5, 5.41) is 3.56. The number of nitrogens with zero attached hydrogens (tertiary/aromatic N) is 2. The number of sulfonamides is 1. The number of hydrogen-bond donors (Lipinski definition) is 2. The molecule has 12 heteroatoms. The Kier molecular flexibility index (Phi) is 8.51. The van der Waals surface area contributed by atoms with Gasteiger partial charge in [-0.1, -0.05) is 47.5 Å². The van der Waals surface area contributed by atoms with Gasteiger partial charge in [0.05, 0.1) is 24.0 Å². The van der Waals surface area contributed by atoms with Crippen LogP contribution in [0.2, 0.25) is 10.0 Å². The van der Waals surface area contributed by atoms with Gasteiger partial charge in [0.2, 0.25) is 15.9 Å². The van der Waals surface area contributed by atoms with E-state index >= 15 is 0 Å². The molecule has 0 unspecified atom stereocenters. The number of benzene rings is 3. The number of primary amides is 1. The zero-order chi connectivity index (χ0) is 28.5. The molecule has 2 amide bonds. The van der Waals surface area contributed by atoms with E-state index in [9.17, 15) is 22.4 Å². The van der Waals surface area contributed by atoms with Crippen molar-refractivity contribution in [3.63, 3.8) is 0 Å². The third kappa shape index (κ3) is 6.70. The van der Waals surface area contributed by atoms with Gasteiger partial charge in [-0.15, -0.1) is 0 Å². The summed E-state index contributed by atoms with van der Waals surface area (Å²) >= 11 is 12.2. The smallest absolute Gasteiger partial charge is 0.252 e. The van der Waals surface area contributed by atoms with Crippen molar-refractivity contribution >= 4 is 50.7 Å². The first-order chi connectivity index (χ1) is 18.3. The van der Waals surface area contributed by atoms with Crippen LogP contribution in [0.5, 0.6) is 0 Å². The lowest BCUT2D eigenvalue weighted by Gasteiger charge is -2.48. The van der Waals surface area contributed by atoms with E-state index in [1.807, 2.05) is 24.3 Å². The summed E-state index contributed by atoms with van der Waals surface area (Å²) in [6.07, 6.45) is 1.03. The first kappa shape index (κ1) is 28.8. The molecule has 0 saturated carbocycles. The standard InChI is InChI=1S/C27H27Cl2FN4O4S/c1-16(26(31)35)32-27(36)19-11-22(30)13-23(12-19)34(39(2,37)38)24-14-33(15-24)25(17-3-7-20(28)8-4-17)18-5-9-21(29)10-6-18/h3-13,16,24-25H,14-15H2,1-2H3,(H2,31,35)(H,32,36)/t16-/m1/s1. The maximum atomic E-state index is 14.6. The molecule has 1 atom stereocenters. The van der Waals surface area contributed by atoms with E-state index in [1.54, 1.807) is 24.3 Å². The lowest BCUT2D eigenvalue weighted by Crippen LogP contribution is -2.61. The molecule has 0 aromatic heterocycles. The van der Waals surface area contributed by atoms with Crippen LogP contribution in [0.15, 0.2) is 66.7 Å². The number of nitrogens with one attached hydrogen (secondary N) is 1. The highest BCUT2D eigenvalue weighted by Gasteiger charge is 2.41. The maximum absolute atomic E-state index is 14.6. The Hall–Kier alpha value is -3.18. The zero-order valence-electron chi connectivity index (χ0n) is 21.1. The number of carbonyl (C=O) groups excluding carboxylic acids is 2. The van der Waals surface area contributed by atoms with Crippen LogP contribution in [0.1, 0.15) is 34.5 Å². The molecule has 0 bridgehead atoms. The molecule has 1 saturated heterocycles. The van der Waals surface area contributed by atoms with E-state index in [-0.39, 0.29) is 17.3 Å². The Morgan fingerprint density at radius 1 is 1.00 bits per heavy atom. The second-order valence-electron chi connectivity index (χ2n) is 9.47. The van der Waals surface area contributed by atoms with E-state index in [2.05, 4.69) is 10.2 Å². The molecule has 206 valence electrons. The van der Waals surface area contributed by atoms with E-state index in [1.165, 1.54) is 13.0 Å². The third-order valence-corrected chi connectivity index (χ3v) is 8.22. The van der Waals surface area contributed by atoms with Crippen molar-refractivity contribution in [2.45, 2.75) is 25.0 Å². The lowest BCUT2D eigenvalue weighted by molar-refractivity contribution is -0.119. The maximum Gasteiger partial charge on any atom is 0.252 e. The fourth-order valence-electron chi connectivity index (χ4n) is 4.61. The molecule has 1 heterocycles. The Labute approximate surface area is 236 Å². The van der Waals surface area contributed by atoms with Gasteiger partial charge in [0.1, 0.15) is 11.9 Å². The highest BCUT2D eigenvalue weighted by Crippen LogP contribution is 2.37. The largest absolute Gasteiger partial charge is 0.368 e. The van der Waals surface area contributed by atoms with Crippen LogP contribution in [0.25, 0.3) is 0 Å². The number of anilines is 1. The minimum absolute atomic E-state index is 0.00793. The quantitative estimate of drug-likeness (QED) is 0.390. The third-order valence-electron chi connectivity index (χ3n) is 6.49. The Balaban J connectivity index is 1.63. The molecule has 39 heavy (non-hydrogen) atoms. The number of halogens is 3. The van der Waals surface area contributed by atoms with Gasteiger partial charge in [-0.2, -0.15) is 0 Å². The predicted molar refractivity (Wildman–Crippen MR) is 150 cm³/mol. The second-order valence-corrected chi connectivity index (χ2v) is 12.2. The molecule has 1 aliphatic heterocycles. The minimum Gasteiger partial charge on any atom is -0.368 e. The average Bonchev–Trinajstić information content (AvgIpc) is 2.83. The van der Waals surface area contributed by atoms with Gasteiger partial charge in [-0.3, -0.25) is 18.8 Å². The van der Waals surface area contributed by atoms with Crippen molar-refractivity contribution in [1.82, 2.24) is 10.2 Å². The van der Waals surface area contributed by atoms with Gasteiger partial charge in [0.25, 0.3) is 5.91 Å². The van der Waals surface area contributed by atoms with Crippen molar-refractivity contribution in [3.8, 4) is 0 Å². The van der Waals surface area contributed by atoms with Crippen LogP contribution in [0.4, 0.5) is 10.1 Å². The predicted octanol–water partition coefficient (Wildman–Crippen LogP) is 3.98. The van der Waals surface area contributed by atoms with Crippen molar-refractivity contribution in [2.24, 2.45) is 5.73 Å². The topological polar surface area (TPSA) is 113 Å². The van der Waals surface area contributed by atoms with Crippen molar-refractivity contribution in [3.05, 3.63) is 99.3 Å². The summed E-state index contributed by atoms with van der Waals surface area (Å²) < 4.78 is 41.6. The van der Waals surface area contributed by atoms with Crippen LogP contribution in [-0.4, -0.2) is 56.6 Å². The molecule has 1 aliphatic rings. The highest BCUT2D eigenvalue weighted by molar-refractivity contribution is 7.92. The van der Waals surface area contributed by atoms with Gasteiger partial charge >= 0.3 is 0 Å². The summed E-state index contributed by atoms with van der Waals surface area (Å²) in [6.45, 7) is 2.06. The summed E-state index contributed by atoms with van der Waals surface area (Å²) in [4.78, 5) is 26.0. The Morgan fingerprint density at radius 3 is 1.97 bits per heavy atom. The van der Waals surface area contributed by atoms with Gasteiger partial charge in [-0.05, 0) is 60.5 Å². The summed E-state index contributed by atoms with van der Waals surface area (Å²) in [5.74, 6) is -2.31. The van der Waals surface area contributed by atoms with Gasteiger partial charge < -0.3 is 11.1 Å². The minimum atomic E-state index is -3.86. The van der Waals surface area contributed by atoms with E-state index in [0.717, 1.165) is 33.8 Å². The lowest BCUT2D eigenvalue weighted by atomic mass is 9.93. The summed E-state index contributed by atoms with van der Waals surface area (Å²) in [6, 6.07) is 16.4. The molecule has 1 fully saturated rings. The van der Waals surface area contributed by atoms with E-state index in [0.29, 0.717) is 23.1 Å². The molecule has 0 aliphatic carbocycles. The van der Waals surface area contributed by atoms with Crippen molar-refractivity contribution in [2.75, 3.05) is 23.7 Å². The molecular formula is C27H27Cl2FN4O4S. The van der Waals surface area contributed by atoms with Crippen LogP contribution in [0, 0.1) is 5.82 Å². The highest BCUT2D eigenvalue weighted by atomic mass is 35.5. The normalized spacial score (nSPS) is 15.0. The first-order valence-corrected chi connectivity index (χ1v) is 14.6. The molecule has 3 aromatic carbocycles. The van der Waals surface area contributed by atoms with Crippen LogP contribution in [0.3, 0.4) is 0 Å². The summed E-state index contributed by atoms with van der Waals surface area (Å²) in [7, 11) is -3.86. The molecular weight excluding hydrogens is 566 g/mol. The van der Waals surface area contributed by atoms with Crippen LogP contribution >= 0.6 is 23.2 Å². The number of hydrogen-bond acceptors (Lipinski definition) is 5. The Bertz CT molecular complexity index is 1440. The van der Waals surface area contributed by atoms with Gasteiger partial charge in [0.15, 0.2) is 0 Å². The summed E-state index contributed by atoms with van der Waals surface area (Å²) in [5.41, 5.74) is 6.98. The number of carbonyl (C=O) groups is 2. The van der Waals surface area contributed by atoms with Crippen LogP contribution in [-0.2, 0) is 14.8 Å². The number of amides is 2. The van der Waals surface area contributed by atoms with E-state index < -0.39 is 39.7 Å². The second kappa shape index (κ2) is 11.5. The molecule has 8 nitrogen and oxygen atoms in total. The zero-order valence-corrected chi connectivity index (χ0v) is 23.5. The van der Waals surface area contributed by atoms with Crippen LogP contribution < -0.4 is 15.4 Å². The molecule has 4 rings (SSSR count). The van der Waals surface area contributed by atoms with Gasteiger partial charge in [0, 0.05) is 28.7 Å². The monoisotopic (exact) mass is 592 g/mol. The average molecular weight is 594 g/mol. The number of rotatable bonds is 9.